The molecule has 2 aromatic rings. The first-order chi connectivity index (χ1) is 12.6. The van der Waals surface area contributed by atoms with Crippen LogP contribution in [0.15, 0.2) is 58.7 Å². The highest BCUT2D eigenvalue weighted by Gasteiger charge is 2.29. The van der Waals surface area contributed by atoms with E-state index in [1.165, 1.54) is 0 Å². The first-order valence-electron chi connectivity index (χ1n) is 8.38. The number of nitrogens with zero attached hydrogens (tertiary/aromatic N) is 1. The van der Waals surface area contributed by atoms with Gasteiger partial charge in [-0.15, -0.1) is 0 Å². The molecule has 1 fully saturated rings. The fourth-order valence-corrected chi connectivity index (χ4v) is 3.12. The van der Waals surface area contributed by atoms with E-state index in [4.69, 9.17) is 17.0 Å². The fraction of sp³-hybridized carbons (Fsp3) is 0.200. The van der Waals surface area contributed by atoms with E-state index in [1.807, 2.05) is 61.5 Å². The van der Waals surface area contributed by atoms with Crippen molar-refractivity contribution in [3.63, 3.8) is 0 Å². The molecule has 1 heterocycles. The summed E-state index contributed by atoms with van der Waals surface area (Å²) in [5.41, 5.74) is 2.52. The van der Waals surface area contributed by atoms with Crippen molar-refractivity contribution in [2.75, 3.05) is 6.54 Å². The number of ether oxygens (including phenoxy) is 1. The molecule has 1 saturated heterocycles. The lowest BCUT2D eigenvalue weighted by atomic mass is 10.2. The molecule has 6 heteroatoms. The van der Waals surface area contributed by atoms with Crippen LogP contribution in [0.4, 0.5) is 0 Å². The summed E-state index contributed by atoms with van der Waals surface area (Å²) in [4.78, 5) is 13.9. The van der Waals surface area contributed by atoms with Crippen molar-refractivity contribution in [3.8, 4) is 5.75 Å². The summed E-state index contributed by atoms with van der Waals surface area (Å²) in [7, 11) is 0. The molecule has 0 aliphatic carbocycles. The predicted octanol–water partition coefficient (Wildman–Crippen LogP) is 4.50. The van der Waals surface area contributed by atoms with Crippen LogP contribution in [0.3, 0.4) is 0 Å². The van der Waals surface area contributed by atoms with Gasteiger partial charge in [0.2, 0.25) is 0 Å². The Morgan fingerprint density at radius 1 is 1.15 bits per heavy atom. The number of hydrogen-bond acceptors (Lipinski definition) is 3. The number of amides is 1. The molecule has 1 amide bonds. The summed E-state index contributed by atoms with van der Waals surface area (Å²) < 4.78 is 6.84. The SMILES string of the molecule is CCCN1C(=O)/C(=C/c2ccc(OCc3ccc(Br)cc3)cc2)NC1=S. The van der Waals surface area contributed by atoms with Crippen molar-refractivity contribution in [3.05, 3.63) is 69.8 Å². The van der Waals surface area contributed by atoms with Crippen molar-refractivity contribution in [2.24, 2.45) is 0 Å². The average Bonchev–Trinajstić information content (AvgIpc) is 2.90. The molecular formula is C20H19BrN2O2S. The lowest BCUT2D eigenvalue weighted by Crippen LogP contribution is -2.31. The zero-order valence-corrected chi connectivity index (χ0v) is 16.8. The number of hydrogen-bond donors (Lipinski definition) is 1. The van der Waals surface area contributed by atoms with Gasteiger partial charge in [-0.3, -0.25) is 9.69 Å². The molecule has 26 heavy (non-hydrogen) atoms. The van der Waals surface area contributed by atoms with Gasteiger partial charge in [0.05, 0.1) is 0 Å². The van der Waals surface area contributed by atoms with E-state index in [9.17, 15) is 4.79 Å². The topological polar surface area (TPSA) is 41.6 Å². The maximum Gasteiger partial charge on any atom is 0.276 e. The molecule has 3 rings (SSSR count). The van der Waals surface area contributed by atoms with Crippen LogP contribution in [0, 0.1) is 0 Å². The molecule has 0 saturated carbocycles. The maximum atomic E-state index is 12.3. The summed E-state index contributed by atoms with van der Waals surface area (Å²) in [6, 6.07) is 15.7. The van der Waals surface area contributed by atoms with Gasteiger partial charge >= 0.3 is 0 Å². The molecule has 0 radical (unpaired) electrons. The van der Waals surface area contributed by atoms with Gasteiger partial charge in [-0.1, -0.05) is 47.1 Å². The van der Waals surface area contributed by atoms with Crippen LogP contribution < -0.4 is 10.1 Å². The predicted molar refractivity (Wildman–Crippen MR) is 111 cm³/mol. The van der Waals surface area contributed by atoms with Gasteiger partial charge in [-0.05, 0) is 60.1 Å². The molecule has 1 N–H and O–H groups in total. The summed E-state index contributed by atoms with van der Waals surface area (Å²) in [6.45, 7) is 3.16. The summed E-state index contributed by atoms with van der Waals surface area (Å²) >= 11 is 8.64. The van der Waals surface area contributed by atoms with Crippen LogP contribution in [0.25, 0.3) is 6.08 Å². The minimum Gasteiger partial charge on any atom is -0.489 e. The number of thiocarbonyl (C=S) groups is 1. The molecule has 134 valence electrons. The Morgan fingerprint density at radius 2 is 1.85 bits per heavy atom. The van der Waals surface area contributed by atoms with Gasteiger partial charge < -0.3 is 10.1 Å². The monoisotopic (exact) mass is 430 g/mol. The molecule has 0 aromatic heterocycles. The highest BCUT2D eigenvalue weighted by atomic mass is 79.9. The molecule has 0 spiro atoms. The van der Waals surface area contributed by atoms with Crippen molar-refractivity contribution in [1.82, 2.24) is 10.2 Å². The molecule has 0 atom stereocenters. The molecule has 0 bridgehead atoms. The minimum atomic E-state index is -0.0765. The third kappa shape index (κ3) is 4.51. The largest absolute Gasteiger partial charge is 0.489 e. The smallest absolute Gasteiger partial charge is 0.276 e. The van der Waals surface area contributed by atoms with Crippen molar-refractivity contribution < 1.29 is 9.53 Å². The number of halogens is 1. The van der Waals surface area contributed by atoms with Crippen LogP contribution in [0.5, 0.6) is 5.75 Å². The van der Waals surface area contributed by atoms with Crippen molar-refractivity contribution in [2.45, 2.75) is 20.0 Å². The maximum absolute atomic E-state index is 12.3. The van der Waals surface area contributed by atoms with Crippen molar-refractivity contribution in [1.29, 1.82) is 0 Å². The van der Waals surface area contributed by atoms with Gasteiger partial charge in [-0.25, -0.2) is 0 Å². The standard InChI is InChI=1S/C20H19BrN2O2S/c1-2-11-23-19(24)18(22-20(23)26)12-14-5-9-17(10-6-14)25-13-15-3-7-16(21)8-4-15/h3-10,12H,2,11,13H2,1H3,(H,22,26)/b18-12-. The van der Waals surface area contributed by atoms with E-state index in [-0.39, 0.29) is 5.91 Å². The van der Waals surface area contributed by atoms with Crippen molar-refractivity contribution >= 4 is 45.2 Å². The normalized spacial score (nSPS) is 15.5. The average molecular weight is 431 g/mol. The zero-order chi connectivity index (χ0) is 18.5. The Labute approximate surface area is 167 Å². The van der Waals surface area contributed by atoms with Crippen LogP contribution in [0.2, 0.25) is 0 Å². The first-order valence-corrected chi connectivity index (χ1v) is 9.59. The molecule has 4 nitrogen and oxygen atoms in total. The first kappa shape index (κ1) is 18.6. The Kier molecular flexibility index (Phi) is 6.06. The second kappa shape index (κ2) is 8.47. The van der Waals surface area contributed by atoms with Crippen LogP contribution in [-0.4, -0.2) is 22.5 Å². The Morgan fingerprint density at radius 3 is 2.50 bits per heavy atom. The molecule has 0 unspecified atom stereocenters. The molecule has 1 aliphatic rings. The lowest BCUT2D eigenvalue weighted by Gasteiger charge is -2.11. The van der Waals surface area contributed by atoms with E-state index in [0.29, 0.717) is 24.0 Å². The second-order valence-corrected chi connectivity index (χ2v) is 7.23. The molecular weight excluding hydrogens is 412 g/mol. The van der Waals surface area contributed by atoms with Gasteiger partial charge in [-0.2, -0.15) is 0 Å². The highest BCUT2D eigenvalue weighted by molar-refractivity contribution is 9.10. The summed E-state index contributed by atoms with van der Waals surface area (Å²) in [5.74, 6) is 0.705. The van der Waals surface area contributed by atoms with E-state index < -0.39 is 0 Å². The Hall–Kier alpha value is -2.18. The number of nitrogens with one attached hydrogen (secondary N) is 1. The number of rotatable bonds is 6. The van der Waals surface area contributed by atoms with Gasteiger partial charge in [0.1, 0.15) is 18.1 Å². The van der Waals surface area contributed by atoms with Gasteiger partial charge in [0.15, 0.2) is 5.11 Å². The summed E-state index contributed by atoms with van der Waals surface area (Å²) in [6.07, 6.45) is 2.67. The van der Waals surface area contributed by atoms with Crippen LogP contribution >= 0.6 is 28.1 Å². The van der Waals surface area contributed by atoms with Gasteiger partial charge in [0.25, 0.3) is 5.91 Å². The van der Waals surface area contributed by atoms with E-state index in [1.54, 1.807) is 4.90 Å². The molecule has 2 aromatic carbocycles. The number of benzene rings is 2. The Bertz CT molecular complexity index is 832. The third-order valence-corrected chi connectivity index (χ3v) is 4.77. The highest BCUT2D eigenvalue weighted by Crippen LogP contribution is 2.19. The third-order valence-electron chi connectivity index (χ3n) is 3.92. The van der Waals surface area contributed by atoms with Crippen LogP contribution in [0.1, 0.15) is 24.5 Å². The van der Waals surface area contributed by atoms with E-state index in [2.05, 4.69) is 21.2 Å². The van der Waals surface area contributed by atoms with Gasteiger partial charge in [0, 0.05) is 11.0 Å². The molecule has 1 aliphatic heterocycles. The van der Waals surface area contributed by atoms with E-state index in [0.717, 1.165) is 27.8 Å². The summed E-state index contributed by atoms with van der Waals surface area (Å²) in [5, 5.41) is 3.46. The second-order valence-electron chi connectivity index (χ2n) is 5.93. The number of carbonyl (C=O) groups is 1. The quantitative estimate of drug-likeness (QED) is 0.541. The fourth-order valence-electron chi connectivity index (χ4n) is 2.57. The zero-order valence-electron chi connectivity index (χ0n) is 14.4. The number of carbonyl (C=O) groups excluding carboxylic acids is 1. The Balaban J connectivity index is 1.63. The van der Waals surface area contributed by atoms with Crippen LogP contribution in [-0.2, 0) is 11.4 Å². The lowest BCUT2D eigenvalue weighted by molar-refractivity contribution is -0.122. The minimum absolute atomic E-state index is 0.0765. The van der Waals surface area contributed by atoms with E-state index >= 15 is 0 Å².